The average Bonchev–Trinajstić information content (AvgIpc) is 2.86. The normalized spacial score (nSPS) is 19.1. The highest BCUT2D eigenvalue weighted by molar-refractivity contribution is 6.20. The number of hydroxylamine groups is 2. The molecular formula is C18H13NO5. The Balaban J connectivity index is 1.48. The van der Waals surface area contributed by atoms with Crippen LogP contribution in [-0.4, -0.2) is 35.9 Å². The standard InChI is InChI=1S/C18H13NO5/c20-16-11(9-23-15-8-4-3-7-14(15)16)10-24-19-17(21)12-5-1-2-6-13(12)18(19)22/h1-8,11H,9-10H2. The largest absolute Gasteiger partial charge is 0.492 e. The first-order valence-electron chi connectivity index (χ1n) is 7.53. The van der Waals surface area contributed by atoms with Gasteiger partial charge in [-0.25, -0.2) is 0 Å². The summed E-state index contributed by atoms with van der Waals surface area (Å²) in [6.07, 6.45) is 0. The van der Waals surface area contributed by atoms with Crippen molar-refractivity contribution in [1.82, 2.24) is 5.06 Å². The molecule has 2 aromatic rings. The molecule has 0 fully saturated rings. The number of benzene rings is 2. The molecule has 1 unspecified atom stereocenters. The number of hydrogen-bond donors (Lipinski definition) is 0. The van der Waals surface area contributed by atoms with Gasteiger partial charge in [-0.1, -0.05) is 24.3 Å². The van der Waals surface area contributed by atoms with Gasteiger partial charge in [0.1, 0.15) is 12.4 Å². The highest BCUT2D eigenvalue weighted by Crippen LogP contribution is 2.28. The fourth-order valence-corrected chi connectivity index (χ4v) is 2.85. The molecule has 120 valence electrons. The maximum absolute atomic E-state index is 12.5. The number of carbonyl (C=O) groups excluding carboxylic acids is 3. The quantitative estimate of drug-likeness (QED) is 0.809. The molecule has 2 aliphatic rings. The summed E-state index contributed by atoms with van der Waals surface area (Å²) in [6.45, 7) is 0.0532. The van der Waals surface area contributed by atoms with Crippen molar-refractivity contribution >= 4 is 17.6 Å². The molecular weight excluding hydrogens is 310 g/mol. The first kappa shape index (κ1) is 14.6. The molecule has 0 aliphatic carbocycles. The van der Waals surface area contributed by atoms with Gasteiger partial charge < -0.3 is 4.74 Å². The van der Waals surface area contributed by atoms with E-state index in [2.05, 4.69) is 0 Å². The number of para-hydroxylation sites is 1. The highest BCUT2D eigenvalue weighted by atomic mass is 16.7. The van der Waals surface area contributed by atoms with Crippen LogP contribution in [0.1, 0.15) is 31.1 Å². The number of ether oxygens (including phenoxy) is 1. The number of Topliss-reactive ketones (excluding diaryl/α,β-unsaturated/α-hetero) is 1. The lowest BCUT2D eigenvalue weighted by Crippen LogP contribution is -2.37. The summed E-state index contributed by atoms with van der Waals surface area (Å²) in [4.78, 5) is 42.3. The third-order valence-electron chi connectivity index (χ3n) is 4.12. The monoisotopic (exact) mass is 323 g/mol. The van der Waals surface area contributed by atoms with Crippen LogP contribution in [0.2, 0.25) is 0 Å². The van der Waals surface area contributed by atoms with Gasteiger partial charge in [-0.05, 0) is 24.3 Å². The SMILES string of the molecule is O=C1c2ccccc2OCC1CON1C(=O)c2ccccc2C1=O. The Morgan fingerprint density at radius 1 is 0.917 bits per heavy atom. The van der Waals surface area contributed by atoms with Gasteiger partial charge in [-0.3, -0.25) is 19.2 Å². The van der Waals surface area contributed by atoms with E-state index in [-0.39, 0.29) is 19.0 Å². The van der Waals surface area contributed by atoms with Gasteiger partial charge >= 0.3 is 0 Å². The summed E-state index contributed by atoms with van der Waals surface area (Å²) in [7, 11) is 0. The summed E-state index contributed by atoms with van der Waals surface area (Å²) >= 11 is 0. The predicted molar refractivity (Wildman–Crippen MR) is 82.7 cm³/mol. The van der Waals surface area contributed by atoms with Crippen LogP contribution >= 0.6 is 0 Å². The zero-order valence-corrected chi connectivity index (χ0v) is 12.6. The van der Waals surface area contributed by atoms with Crippen LogP contribution in [0.4, 0.5) is 0 Å². The Hall–Kier alpha value is -2.99. The molecule has 2 aliphatic heterocycles. The Labute approximate surface area is 137 Å². The molecule has 0 bridgehead atoms. The van der Waals surface area contributed by atoms with E-state index < -0.39 is 17.7 Å². The molecule has 6 heteroatoms. The lowest BCUT2D eigenvalue weighted by molar-refractivity contribution is -0.102. The van der Waals surface area contributed by atoms with E-state index in [1.54, 1.807) is 48.5 Å². The maximum Gasteiger partial charge on any atom is 0.285 e. The summed E-state index contributed by atoms with van der Waals surface area (Å²) in [6, 6.07) is 13.5. The third kappa shape index (κ3) is 2.19. The summed E-state index contributed by atoms with van der Waals surface area (Å²) in [5.41, 5.74) is 1.10. The molecule has 1 atom stereocenters. The van der Waals surface area contributed by atoms with Crippen molar-refractivity contribution in [2.45, 2.75) is 0 Å². The number of imide groups is 1. The molecule has 2 amide bonds. The highest BCUT2D eigenvalue weighted by Gasteiger charge is 2.38. The van der Waals surface area contributed by atoms with Crippen molar-refractivity contribution in [3.8, 4) is 5.75 Å². The van der Waals surface area contributed by atoms with Crippen molar-refractivity contribution in [2.75, 3.05) is 13.2 Å². The Morgan fingerprint density at radius 3 is 2.17 bits per heavy atom. The van der Waals surface area contributed by atoms with Crippen molar-refractivity contribution in [1.29, 1.82) is 0 Å². The van der Waals surface area contributed by atoms with Gasteiger partial charge in [-0.15, -0.1) is 5.06 Å². The number of carbonyl (C=O) groups is 3. The van der Waals surface area contributed by atoms with Gasteiger partial charge in [0.2, 0.25) is 0 Å². The van der Waals surface area contributed by atoms with Gasteiger partial charge in [0.15, 0.2) is 5.78 Å². The topological polar surface area (TPSA) is 72.9 Å². The van der Waals surface area contributed by atoms with Crippen LogP contribution in [0.15, 0.2) is 48.5 Å². The van der Waals surface area contributed by atoms with Crippen LogP contribution in [0.3, 0.4) is 0 Å². The van der Waals surface area contributed by atoms with Crippen molar-refractivity contribution in [3.05, 3.63) is 65.2 Å². The predicted octanol–water partition coefficient (Wildman–Crippen LogP) is 2.11. The van der Waals surface area contributed by atoms with E-state index >= 15 is 0 Å². The smallest absolute Gasteiger partial charge is 0.285 e. The molecule has 4 rings (SSSR count). The second-order valence-corrected chi connectivity index (χ2v) is 5.61. The zero-order chi connectivity index (χ0) is 16.7. The fourth-order valence-electron chi connectivity index (χ4n) is 2.85. The van der Waals surface area contributed by atoms with Crippen LogP contribution in [0.25, 0.3) is 0 Å². The lowest BCUT2D eigenvalue weighted by atomic mass is 9.96. The second-order valence-electron chi connectivity index (χ2n) is 5.61. The molecule has 0 saturated heterocycles. The molecule has 0 aromatic heterocycles. The molecule has 24 heavy (non-hydrogen) atoms. The maximum atomic E-state index is 12.5. The van der Waals surface area contributed by atoms with Crippen LogP contribution < -0.4 is 4.74 Å². The van der Waals surface area contributed by atoms with Crippen molar-refractivity contribution in [2.24, 2.45) is 5.92 Å². The van der Waals surface area contributed by atoms with Gasteiger partial charge in [0, 0.05) is 0 Å². The molecule has 0 radical (unpaired) electrons. The van der Waals surface area contributed by atoms with Gasteiger partial charge in [0.25, 0.3) is 11.8 Å². The van der Waals surface area contributed by atoms with E-state index in [9.17, 15) is 14.4 Å². The minimum Gasteiger partial charge on any atom is -0.492 e. The average molecular weight is 323 g/mol. The molecule has 2 heterocycles. The van der Waals surface area contributed by atoms with Gasteiger partial charge in [-0.2, -0.15) is 0 Å². The van der Waals surface area contributed by atoms with E-state index in [0.29, 0.717) is 22.4 Å². The Bertz CT molecular complexity index is 825. The van der Waals surface area contributed by atoms with Crippen molar-refractivity contribution < 1.29 is 24.0 Å². The van der Waals surface area contributed by atoms with Gasteiger partial charge in [0.05, 0.1) is 29.2 Å². The first-order chi connectivity index (χ1) is 11.7. The number of amides is 2. The second kappa shape index (κ2) is 5.58. The number of ketones is 1. The molecule has 0 N–H and O–H groups in total. The number of fused-ring (bicyclic) bond motifs is 2. The first-order valence-corrected chi connectivity index (χ1v) is 7.53. The summed E-state index contributed by atoms with van der Waals surface area (Å²) < 4.78 is 5.55. The Morgan fingerprint density at radius 2 is 1.50 bits per heavy atom. The van der Waals surface area contributed by atoms with Crippen LogP contribution in [0.5, 0.6) is 5.75 Å². The van der Waals surface area contributed by atoms with Crippen LogP contribution in [-0.2, 0) is 4.84 Å². The molecule has 6 nitrogen and oxygen atoms in total. The van der Waals surface area contributed by atoms with E-state index in [1.807, 2.05) is 0 Å². The van der Waals surface area contributed by atoms with Crippen molar-refractivity contribution in [3.63, 3.8) is 0 Å². The third-order valence-corrected chi connectivity index (χ3v) is 4.12. The molecule has 0 saturated carbocycles. The number of hydrogen-bond acceptors (Lipinski definition) is 5. The number of rotatable bonds is 3. The molecule has 0 spiro atoms. The molecule has 2 aromatic carbocycles. The van der Waals surface area contributed by atoms with E-state index in [1.165, 1.54) is 0 Å². The van der Waals surface area contributed by atoms with Crippen LogP contribution in [0, 0.1) is 5.92 Å². The summed E-state index contributed by atoms with van der Waals surface area (Å²) in [5.74, 6) is -1.17. The van der Waals surface area contributed by atoms with E-state index in [4.69, 9.17) is 9.57 Å². The fraction of sp³-hybridized carbons (Fsp3) is 0.167. The Kier molecular flexibility index (Phi) is 3.39. The minimum atomic E-state index is -0.566. The number of nitrogens with zero attached hydrogens (tertiary/aromatic N) is 1. The minimum absolute atomic E-state index is 0.0986. The zero-order valence-electron chi connectivity index (χ0n) is 12.6. The summed E-state index contributed by atoms with van der Waals surface area (Å²) in [5, 5.41) is 0.721. The van der Waals surface area contributed by atoms with E-state index in [0.717, 1.165) is 5.06 Å². The lowest BCUT2D eigenvalue weighted by Gasteiger charge is -2.24.